The second-order valence-corrected chi connectivity index (χ2v) is 8.73. The maximum absolute atomic E-state index is 12.9. The Kier molecular flexibility index (Phi) is 6.25. The van der Waals surface area contributed by atoms with Crippen molar-refractivity contribution in [3.8, 4) is 6.07 Å². The van der Waals surface area contributed by atoms with Crippen LogP contribution >= 0.6 is 23.1 Å². The van der Waals surface area contributed by atoms with E-state index in [1.54, 1.807) is 12.1 Å². The number of aromatic nitrogens is 1. The number of thiazole rings is 1. The maximum Gasteiger partial charge on any atom is 0.258 e. The van der Waals surface area contributed by atoms with Gasteiger partial charge in [-0.1, -0.05) is 36.0 Å². The Labute approximate surface area is 178 Å². The van der Waals surface area contributed by atoms with Gasteiger partial charge in [-0.3, -0.25) is 15.0 Å². The van der Waals surface area contributed by atoms with Crippen LogP contribution in [0.15, 0.2) is 63.7 Å². The van der Waals surface area contributed by atoms with E-state index in [0.29, 0.717) is 16.3 Å². The van der Waals surface area contributed by atoms with Gasteiger partial charge in [-0.05, 0) is 50.2 Å². The Morgan fingerprint density at radius 2 is 1.86 bits per heavy atom. The number of likely N-dealkylation sites (tertiary alicyclic amines) is 1. The van der Waals surface area contributed by atoms with Crippen LogP contribution in [0, 0.1) is 11.3 Å². The van der Waals surface area contributed by atoms with Crippen molar-refractivity contribution >= 4 is 34.1 Å². The molecule has 7 heteroatoms. The summed E-state index contributed by atoms with van der Waals surface area (Å²) < 4.78 is 0. The highest BCUT2D eigenvalue weighted by atomic mass is 32.2. The zero-order valence-electron chi connectivity index (χ0n) is 15.8. The molecule has 3 aromatic rings. The van der Waals surface area contributed by atoms with Gasteiger partial charge in [0.25, 0.3) is 5.91 Å². The molecule has 1 amide bonds. The lowest BCUT2D eigenvalue weighted by Gasteiger charge is -2.12. The number of nitrogens with zero attached hydrogens (tertiary/aromatic N) is 3. The molecule has 5 nitrogen and oxygen atoms in total. The van der Waals surface area contributed by atoms with Crippen molar-refractivity contribution < 1.29 is 4.79 Å². The molecule has 2 aromatic carbocycles. The first-order chi connectivity index (χ1) is 14.2. The number of hydrogen-bond donors (Lipinski definition) is 1. The van der Waals surface area contributed by atoms with E-state index in [-0.39, 0.29) is 5.91 Å². The summed E-state index contributed by atoms with van der Waals surface area (Å²) >= 11 is 2.88. The predicted molar refractivity (Wildman–Crippen MR) is 116 cm³/mol. The Hall–Kier alpha value is -2.66. The number of carbonyl (C=O) groups is 1. The van der Waals surface area contributed by atoms with Crippen molar-refractivity contribution in [2.24, 2.45) is 0 Å². The minimum Gasteiger partial charge on any atom is -0.298 e. The molecule has 1 aliphatic heterocycles. The molecule has 0 aliphatic carbocycles. The van der Waals surface area contributed by atoms with E-state index in [9.17, 15) is 10.1 Å². The van der Waals surface area contributed by atoms with Gasteiger partial charge in [-0.15, -0.1) is 11.3 Å². The normalized spacial score (nSPS) is 13.9. The van der Waals surface area contributed by atoms with Crippen LogP contribution < -0.4 is 5.32 Å². The fourth-order valence-electron chi connectivity index (χ4n) is 3.28. The van der Waals surface area contributed by atoms with Gasteiger partial charge in [0.2, 0.25) is 0 Å². The fourth-order valence-corrected chi connectivity index (χ4v) is 5.00. The quantitative estimate of drug-likeness (QED) is 0.607. The Balaban J connectivity index is 1.48. The SMILES string of the molecule is N#Cc1ccccc1Sc1ccccc1C(=O)Nc1nc(CN2CCCC2)cs1. The molecule has 0 atom stereocenters. The average molecular weight is 421 g/mol. The van der Waals surface area contributed by atoms with Gasteiger partial charge < -0.3 is 0 Å². The summed E-state index contributed by atoms with van der Waals surface area (Å²) in [5, 5.41) is 14.9. The van der Waals surface area contributed by atoms with Crippen molar-refractivity contribution in [1.29, 1.82) is 5.26 Å². The smallest absolute Gasteiger partial charge is 0.258 e. The molecular formula is C22H20N4OS2. The molecule has 0 radical (unpaired) electrons. The van der Waals surface area contributed by atoms with Gasteiger partial charge in [-0.25, -0.2) is 4.98 Å². The van der Waals surface area contributed by atoms with Crippen LogP contribution in [0.25, 0.3) is 0 Å². The van der Waals surface area contributed by atoms with Gasteiger partial charge >= 0.3 is 0 Å². The summed E-state index contributed by atoms with van der Waals surface area (Å²) in [6, 6.07) is 17.0. The summed E-state index contributed by atoms with van der Waals surface area (Å²) in [7, 11) is 0. The molecule has 2 heterocycles. The molecule has 1 aromatic heterocycles. The number of hydrogen-bond acceptors (Lipinski definition) is 6. The number of rotatable bonds is 6. The topological polar surface area (TPSA) is 69.0 Å². The second-order valence-electron chi connectivity index (χ2n) is 6.79. The van der Waals surface area contributed by atoms with Crippen molar-refractivity contribution in [2.45, 2.75) is 29.2 Å². The molecule has 29 heavy (non-hydrogen) atoms. The van der Waals surface area contributed by atoms with Crippen molar-refractivity contribution in [2.75, 3.05) is 18.4 Å². The van der Waals surface area contributed by atoms with Crippen LogP contribution in [0.4, 0.5) is 5.13 Å². The van der Waals surface area contributed by atoms with Gasteiger partial charge in [-0.2, -0.15) is 5.26 Å². The number of anilines is 1. The van der Waals surface area contributed by atoms with Crippen LogP contribution in [-0.2, 0) is 6.54 Å². The average Bonchev–Trinajstić information content (AvgIpc) is 3.41. The van der Waals surface area contributed by atoms with Gasteiger partial charge in [0.1, 0.15) is 6.07 Å². The van der Waals surface area contributed by atoms with Crippen molar-refractivity contribution in [3.63, 3.8) is 0 Å². The Morgan fingerprint density at radius 1 is 1.14 bits per heavy atom. The molecule has 0 spiro atoms. The van der Waals surface area contributed by atoms with E-state index in [2.05, 4.69) is 21.3 Å². The highest BCUT2D eigenvalue weighted by Crippen LogP contribution is 2.33. The summed E-state index contributed by atoms with van der Waals surface area (Å²) in [5.41, 5.74) is 2.17. The van der Waals surface area contributed by atoms with Gasteiger partial charge in [0.05, 0.1) is 16.8 Å². The molecule has 1 saturated heterocycles. The van der Waals surface area contributed by atoms with Gasteiger partial charge in [0, 0.05) is 21.7 Å². The number of benzene rings is 2. The largest absolute Gasteiger partial charge is 0.298 e. The highest BCUT2D eigenvalue weighted by molar-refractivity contribution is 7.99. The number of carbonyl (C=O) groups excluding carboxylic acids is 1. The monoisotopic (exact) mass is 420 g/mol. The molecule has 0 saturated carbocycles. The minimum absolute atomic E-state index is 0.190. The van der Waals surface area contributed by atoms with Crippen LogP contribution in [0.3, 0.4) is 0 Å². The fraction of sp³-hybridized carbons (Fsp3) is 0.227. The Bertz CT molecular complexity index is 1050. The number of nitrogens with one attached hydrogen (secondary N) is 1. The summed E-state index contributed by atoms with van der Waals surface area (Å²) in [4.78, 5) is 21.5. The van der Waals surface area contributed by atoms with Crippen LogP contribution in [0.5, 0.6) is 0 Å². The first kappa shape index (κ1) is 19.6. The van der Waals surface area contributed by atoms with E-state index in [1.165, 1.54) is 35.9 Å². The lowest BCUT2D eigenvalue weighted by Crippen LogP contribution is -2.18. The molecule has 146 valence electrons. The van der Waals surface area contributed by atoms with E-state index in [4.69, 9.17) is 0 Å². The van der Waals surface area contributed by atoms with Crippen LogP contribution in [0.1, 0.15) is 34.5 Å². The van der Waals surface area contributed by atoms with Crippen LogP contribution in [0.2, 0.25) is 0 Å². The molecule has 1 fully saturated rings. The standard InChI is InChI=1S/C22H20N4OS2/c23-13-16-7-1-3-9-19(16)29-20-10-4-2-8-18(20)21(27)25-22-24-17(15-28-22)14-26-11-5-6-12-26/h1-4,7-10,15H,5-6,11-12,14H2,(H,24,25,27). The number of nitriles is 1. The van der Waals surface area contributed by atoms with Crippen molar-refractivity contribution in [3.05, 3.63) is 70.7 Å². The summed E-state index contributed by atoms with van der Waals surface area (Å²) in [5.74, 6) is -0.190. The first-order valence-corrected chi connectivity index (χ1v) is 11.2. The van der Waals surface area contributed by atoms with E-state index >= 15 is 0 Å². The molecule has 1 N–H and O–H groups in total. The highest BCUT2D eigenvalue weighted by Gasteiger charge is 2.17. The maximum atomic E-state index is 12.9. The van der Waals surface area contributed by atoms with Gasteiger partial charge in [0.15, 0.2) is 5.13 Å². The minimum atomic E-state index is -0.190. The second kappa shape index (κ2) is 9.23. The van der Waals surface area contributed by atoms with E-state index in [1.807, 2.05) is 41.8 Å². The van der Waals surface area contributed by atoms with Crippen LogP contribution in [-0.4, -0.2) is 28.9 Å². The summed E-state index contributed by atoms with van der Waals surface area (Å²) in [6.45, 7) is 3.08. The lowest BCUT2D eigenvalue weighted by molar-refractivity contribution is 0.102. The molecule has 0 unspecified atom stereocenters. The molecule has 1 aliphatic rings. The Morgan fingerprint density at radius 3 is 2.66 bits per heavy atom. The third kappa shape index (κ3) is 4.85. The third-order valence-corrected chi connectivity index (χ3v) is 6.67. The zero-order valence-corrected chi connectivity index (χ0v) is 17.4. The third-order valence-electron chi connectivity index (χ3n) is 4.72. The summed E-state index contributed by atoms with van der Waals surface area (Å²) in [6.07, 6.45) is 2.49. The molecular weight excluding hydrogens is 400 g/mol. The van der Waals surface area contributed by atoms with E-state index in [0.717, 1.165) is 35.1 Å². The zero-order chi connectivity index (χ0) is 20.1. The van der Waals surface area contributed by atoms with E-state index < -0.39 is 0 Å². The predicted octanol–water partition coefficient (Wildman–Crippen LogP) is 5.01. The van der Waals surface area contributed by atoms with Crippen molar-refractivity contribution in [1.82, 2.24) is 9.88 Å². The number of amides is 1. The molecule has 0 bridgehead atoms. The lowest BCUT2D eigenvalue weighted by atomic mass is 10.2. The molecule has 4 rings (SSSR count). The first-order valence-electron chi connectivity index (χ1n) is 9.47.